The number of halogens is 1. The van der Waals surface area contributed by atoms with Gasteiger partial charge in [-0.25, -0.2) is 0 Å². The van der Waals surface area contributed by atoms with Gasteiger partial charge in [0.15, 0.2) is 5.22 Å². The first-order valence-corrected chi connectivity index (χ1v) is 4.13. The van der Waals surface area contributed by atoms with Crippen molar-refractivity contribution < 1.29 is 14.3 Å². The van der Waals surface area contributed by atoms with E-state index in [1.165, 1.54) is 0 Å². The second-order valence-electron chi connectivity index (χ2n) is 2.32. The first-order valence-electron chi connectivity index (χ1n) is 3.75. The standard InChI is InChI=1S/C8H11ClO3/c1-2-11-5-6(10)7-3-4-8(9)12-7/h3-4,6,10H,2,5H2,1H3. The highest BCUT2D eigenvalue weighted by Gasteiger charge is 2.11. The molecule has 1 atom stereocenters. The minimum absolute atomic E-state index is 0.236. The van der Waals surface area contributed by atoms with Crippen LogP contribution in [0.15, 0.2) is 16.5 Å². The molecule has 1 N–H and O–H groups in total. The lowest BCUT2D eigenvalue weighted by Crippen LogP contribution is -2.05. The normalized spacial score (nSPS) is 13.2. The minimum atomic E-state index is -0.725. The molecule has 0 amide bonds. The van der Waals surface area contributed by atoms with Gasteiger partial charge in [0.25, 0.3) is 0 Å². The van der Waals surface area contributed by atoms with Crippen molar-refractivity contribution >= 4 is 11.6 Å². The van der Waals surface area contributed by atoms with Gasteiger partial charge in [0.05, 0.1) is 6.61 Å². The van der Waals surface area contributed by atoms with Crippen LogP contribution < -0.4 is 0 Å². The molecule has 1 heterocycles. The molecular formula is C8H11ClO3. The Kier molecular flexibility index (Phi) is 3.59. The summed E-state index contributed by atoms with van der Waals surface area (Å²) in [7, 11) is 0. The van der Waals surface area contributed by atoms with Crippen LogP contribution in [0.3, 0.4) is 0 Å². The van der Waals surface area contributed by atoms with E-state index in [2.05, 4.69) is 0 Å². The van der Waals surface area contributed by atoms with Crippen LogP contribution in [0.4, 0.5) is 0 Å². The van der Waals surface area contributed by atoms with Crippen LogP contribution in [-0.4, -0.2) is 18.3 Å². The number of aliphatic hydroxyl groups excluding tert-OH is 1. The molecule has 4 heteroatoms. The van der Waals surface area contributed by atoms with Gasteiger partial charge in [-0.1, -0.05) is 0 Å². The molecule has 0 fully saturated rings. The summed E-state index contributed by atoms with van der Waals surface area (Å²) in [5.74, 6) is 0.438. The minimum Gasteiger partial charge on any atom is -0.447 e. The van der Waals surface area contributed by atoms with Crippen molar-refractivity contribution in [3.05, 3.63) is 23.1 Å². The van der Waals surface area contributed by atoms with Gasteiger partial charge >= 0.3 is 0 Å². The SMILES string of the molecule is CCOCC(O)c1ccc(Cl)o1. The van der Waals surface area contributed by atoms with Crippen LogP contribution in [0.2, 0.25) is 5.22 Å². The Balaban J connectivity index is 2.47. The smallest absolute Gasteiger partial charge is 0.193 e. The summed E-state index contributed by atoms with van der Waals surface area (Å²) in [6.45, 7) is 2.67. The van der Waals surface area contributed by atoms with E-state index in [9.17, 15) is 5.11 Å². The fourth-order valence-electron chi connectivity index (χ4n) is 0.819. The summed E-state index contributed by atoms with van der Waals surface area (Å²) < 4.78 is 9.98. The largest absolute Gasteiger partial charge is 0.447 e. The average molecular weight is 191 g/mol. The third-order valence-corrected chi connectivity index (χ3v) is 1.61. The van der Waals surface area contributed by atoms with Crippen molar-refractivity contribution in [2.24, 2.45) is 0 Å². The summed E-state index contributed by atoms with van der Waals surface area (Å²) in [5.41, 5.74) is 0. The number of hydrogen-bond acceptors (Lipinski definition) is 3. The lowest BCUT2D eigenvalue weighted by atomic mass is 10.3. The maximum atomic E-state index is 9.39. The van der Waals surface area contributed by atoms with Gasteiger partial charge in [-0.3, -0.25) is 0 Å². The van der Waals surface area contributed by atoms with E-state index in [-0.39, 0.29) is 11.8 Å². The highest BCUT2D eigenvalue weighted by Crippen LogP contribution is 2.19. The zero-order valence-electron chi connectivity index (χ0n) is 6.79. The fourth-order valence-corrected chi connectivity index (χ4v) is 0.971. The van der Waals surface area contributed by atoms with Gasteiger partial charge < -0.3 is 14.3 Å². The molecule has 1 unspecified atom stereocenters. The molecular weight excluding hydrogens is 180 g/mol. The molecule has 1 aromatic heterocycles. The molecule has 0 saturated heterocycles. The molecule has 0 aromatic carbocycles. The number of rotatable bonds is 4. The Hall–Kier alpha value is -0.510. The van der Waals surface area contributed by atoms with Crippen molar-refractivity contribution in [2.75, 3.05) is 13.2 Å². The molecule has 1 aromatic rings. The van der Waals surface area contributed by atoms with Crippen molar-refractivity contribution in [3.8, 4) is 0 Å². The Morgan fingerprint density at radius 1 is 1.67 bits per heavy atom. The molecule has 1 rings (SSSR count). The van der Waals surface area contributed by atoms with Crippen LogP contribution in [0.1, 0.15) is 18.8 Å². The van der Waals surface area contributed by atoms with Crippen LogP contribution in [0, 0.1) is 0 Å². The zero-order chi connectivity index (χ0) is 8.97. The summed E-state index contributed by atoms with van der Waals surface area (Å²) >= 11 is 5.52. The average Bonchev–Trinajstić information content (AvgIpc) is 2.47. The van der Waals surface area contributed by atoms with Gasteiger partial charge in [-0.2, -0.15) is 0 Å². The van der Waals surface area contributed by atoms with E-state index in [1.54, 1.807) is 12.1 Å². The number of hydrogen-bond donors (Lipinski definition) is 1. The van der Waals surface area contributed by atoms with E-state index in [1.807, 2.05) is 6.92 Å². The fraction of sp³-hybridized carbons (Fsp3) is 0.500. The lowest BCUT2D eigenvalue weighted by molar-refractivity contribution is 0.0304. The van der Waals surface area contributed by atoms with E-state index in [0.29, 0.717) is 12.4 Å². The maximum Gasteiger partial charge on any atom is 0.193 e. The Bertz CT molecular complexity index is 234. The van der Waals surface area contributed by atoms with E-state index in [0.717, 1.165) is 0 Å². The predicted molar refractivity (Wildman–Crippen MR) is 45.2 cm³/mol. The Morgan fingerprint density at radius 2 is 2.42 bits per heavy atom. The van der Waals surface area contributed by atoms with Gasteiger partial charge in [0.1, 0.15) is 11.9 Å². The highest BCUT2D eigenvalue weighted by molar-refractivity contribution is 6.28. The van der Waals surface area contributed by atoms with Crippen LogP contribution in [0.5, 0.6) is 0 Å². The first-order chi connectivity index (χ1) is 5.74. The molecule has 68 valence electrons. The molecule has 0 aliphatic heterocycles. The summed E-state index contributed by atoms with van der Waals surface area (Å²) in [4.78, 5) is 0. The van der Waals surface area contributed by atoms with E-state index in [4.69, 9.17) is 20.8 Å². The van der Waals surface area contributed by atoms with Gasteiger partial charge in [0, 0.05) is 6.61 Å². The van der Waals surface area contributed by atoms with Crippen molar-refractivity contribution in [2.45, 2.75) is 13.0 Å². The van der Waals surface area contributed by atoms with E-state index < -0.39 is 6.10 Å². The van der Waals surface area contributed by atoms with E-state index >= 15 is 0 Å². The Labute approximate surface area is 75.9 Å². The van der Waals surface area contributed by atoms with Gasteiger partial charge in [-0.05, 0) is 30.7 Å². The second kappa shape index (κ2) is 4.50. The maximum absolute atomic E-state index is 9.39. The second-order valence-corrected chi connectivity index (χ2v) is 2.69. The number of furan rings is 1. The summed E-state index contributed by atoms with van der Waals surface area (Å²) in [6.07, 6.45) is -0.725. The third kappa shape index (κ3) is 2.52. The molecule has 12 heavy (non-hydrogen) atoms. The molecule has 0 aliphatic rings. The molecule has 0 spiro atoms. The van der Waals surface area contributed by atoms with Crippen molar-refractivity contribution in [1.82, 2.24) is 0 Å². The molecule has 3 nitrogen and oxygen atoms in total. The third-order valence-electron chi connectivity index (χ3n) is 1.40. The summed E-state index contributed by atoms with van der Waals surface area (Å²) in [5, 5.41) is 9.67. The van der Waals surface area contributed by atoms with Crippen molar-refractivity contribution in [1.29, 1.82) is 0 Å². The van der Waals surface area contributed by atoms with Gasteiger partial charge in [-0.15, -0.1) is 0 Å². The first kappa shape index (κ1) is 9.58. The Morgan fingerprint density at radius 3 is 2.92 bits per heavy atom. The highest BCUT2D eigenvalue weighted by atomic mass is 35.5. The predicted octanol–water partition coefficient (Wildman–Crippen LogP) is 2.00. The van der Waals surface area contributed by atoms with Crippen molar-refractivity contribution in [3.63, 3.8) is 0 Å². The van der Waals surface area contributed by atoms with Crippen LogP contribution in [-0.2, 0) is 4.74 Å². The van der Waals surface area contributed by atoms with Gasteiger partial charge in [0.2, 0.25) is 0 Å². The molecule has 0 saturated carbocycles. The van der Waals surface area contributed by atoms with Crippen LogP contribution in [0.25, 0.3) is 0 Å². The lowest BCUT2D eigenvalue weighted by Gasteiger charge is -2.06. The summed E-state index contributed by atoms with van der Waals surface area (Å²) in [6, 6.07) is 3.22. The topological polar surface area (TPSA) is 42.6 Å². The number of ether oxygens (including phenoxy) is 1. The van der Waals surface area contributed by atoms with Crippen LogP contribution >= 0.6 is 11.6 Å². The zero-order valence-corrected chi connectivity index (χ0v) is 7.54. The molecule has 0 bridgehead atoms. The monoisotopic (exact) mass is 190 g/mol. The number of aliphatic hydroxyl groups is 1. The quantitative estimate of drug-likeness (QED) is 0.790. The molecule has 0 radical (unpaired) electrons. The molecule has 0 aliphatic carbocycles.